The van der Waals surface area contributed by atoms with E-state index in [0.29, 0.717) is 17.9 Å². The van der Waals surface area contributed by atoms with E-state index in [9.17, 15) is 0 Å². The minimum Gasteiger partial charge on any atom is -0.494 e. The molecule has 1 aliphatic heterocycles. The van der Waals surface area contributed by atoms with E-state index >= 15 is 0 Å². The molecule has 3 rings (SSSR count). The fraction of sp³-hybridized carbons (Fsp3) is 0.200. The number of nitrogens with one attached hydrogen (secondary N) is 3. The number of anilines is 1. The van der Waals surface area contributed by atoms with Crippen LogP contribution in [0.5, 0.6) is 5.75 Å². The van der Waals surface area contributed by atoms with E-state index in [1.165, 1.54) is 0 Å². The Kier molecular flexibility index (Phi) is 1.76. The second kappa shape index (κ2) is 3.13. The van der Waals surface area contributed by atoms with E-state index in [2.05, 4.69) is 15.7 Å². The fourth-order valence-corrected chi connectivity index (χ4v) is 1.91. The lowest BCUT2D eigenvalue weighted by Crippen LogP contribution is -2.26. The van der Waals surface area contributed by atoms with Crippen molar-refractivity contribution in [3.05, 3.63) is 23.8 Å². The number of rotatable bonds is 1. The van der Waals surface area contributed by atoms with E-state index in [1.807, 2.05) is 18.2 Å². The summed E-state index contributed by atoms with van der Waals surface area (Å²) in [6.45, 7) is 0.601. The van der Waals surface area contributed by atoms with Crippen LogP contribution in [0.15, 0.2) is 18.2 Å². The van der Waals surface area contributed by atoms with Crippen LogP contribution in [-0.2, 0) is 0 Å². The molecule has 82 valence electrons. The lowest BCUT2D eigenvalue weighted by molar-refractivity contribution is 0.418. The molecule has 2 aromatic rings. The van der Waals surface area contributed by atoms with Gasteiger partial charge in [0.1, 0.15) is 23.8 Å². The summed E-state index contributed by atoms with van der Waals surface area (Å²) in [6, 6.07) is 5.71. The molecule has 1 aromatic heterocycles. The molecule has 0 aliphatic carbocycles. The van der Waals surface area contributed by atoms with Crippen molar-refractivity contribution in [2.75, 3.05) is 24.5 Å². The summed E-state index contributed by atoms with van der Waals surface area (Å²) in [5, 5.41) is 11.9. The Morgan fingerprint density at radius 1 is 1.50 bits per heavy atom. The van der Waals surface area contributed by atoms with Crippen molar-refractivity contribution in [1.82, 2.24) is 9.66 Å². The number of hydrogen-bond donors (Lipinski definition) is 3. The van der Waals surface area contributed by atoms with Crippen molar-refractivity contribution in [3.8, 4) is 5.75 Å². The number of nitrogens with zero attached hydrogens (tertiary/aromatic N) is 2. The molecule has 16 heavy (non-hydrogen) atoms. The number of para-hydroxylation sites is 1. The lowest BCUT2D eigenvalue weighted by Gasteiger charge is -2.09. The molecule has 1 aliphatic rings. The van der Waals surface area contributed by atoms with Crippen LogP contribution in [0.3, 0.4) is 0 Å². The maximum atomic E-state index is 7.80. The van der Waals surface area contributed by atoms with Gasteiger partial charge < -0.3 is 15.5 Å². The minimum atomic E-state index is 0.164. The highest BCUT2D eigenvalue weighted by molar-refractivity contribution is 5.93. The first-order chi connectivity index (χ1) is 7.81. The highest BCUT2D eigenvalue weighted by atomic mass is 16.5. The van der Waals surface area contributed by atoms with Gasteiger partial charge in [0.15, 0.2) is 0 Å². The average Bonchev–Trinajstić information content (AvgIpc) is 2.78. The van der Waals surface area contributed by atoms with Gasteiger partial charge in [-0.05, 0) is 12.1 Å². The van der Waals surface area contributed by atoms with Crippen LogP contribution in [0.25, 0.3) is 10.9 Å². The number of ether oxygens (including phenoxy) is 1. The molecule has 2 heterocycles. The molecule has 0 saturated carbocycles. The molecule has 0 radical (unpaired) electrons. The van der Waals surface area contributed by atoms with Gasteiger partial charge in [0, 0.05) is 5.39 Å². The molecule has 0 atom stereocenters. The van der Waals surface area contributed by atoms with Crippen molar-refractivity contribution >= 4 is 16.7 Å². The van der Waals surface area contributed by atoms with Gasteiger partial charge in [0.05, 0.1) is 7.11 Å². The summed E-state index contributed by atoms with van der Waals surface area (Å²) in [4.78, 5) is 4.22. The first-order valence-electron chi connectivity index (χ1n) is 4.93. The molecule has 0 spiro atoms. The van der Waals surface area contributed by atoms with Gasteiger partial charge in [0.25, 0.3) is 0 Å². The predicted molar refractivity (Wildman–Crippen MR) is 60.0 cm³/mol. The largest absolute Gasteiger partial charge is 0.494 e. The molecule has 0 amide bonds. The van der Waals surface area contributed by atoms with Crippen LogP contribution >= 0.6 is 0 Å². The molecule has 0 saturated heterocycles. The summed E-state index contributed by atoms with van der Waals surface area (Å²) in [6.07, 6.45) is 0. The first kappa shape index (κ1) is 9.02. The number of hydrogen-bond acceptors (Lipinski definition) is 5. The Bertz CT molecular complexity index is 618. The summed E-state index contributed by atoms with van der Waals surface area (Å²) in [5.41, 5.74) is 3.88. The van der Waals surface area contributed by atoms with E-state index < -0.39 is 0 Å². The third-order valence-electron chi connectivity index (χ3n) is 2.62. The second-order valence-electron chi connectivity index (χ2n) is 3.49. The van der Waals surface area contributed by atoms with Crippen molar-refractivity contribution in [3.63, 3.8) is 0 Å². The first-order valence-corrected chi connectivity index (χ1v) is 4.93. The zero-order chi connectivity index (χ0) is 11.1. The number of fused-ring (bicyclic) bond motifs is 3. The van der Waals surface area contributed by atoms with E-state index in [4.69, 9.17) is 10.1 Å². The summed E-state index contributed by atoms with van der Waals surface area (Å²) in [5.74, 6) is 1.54. The smallest absolute Gasteiger partial charge is 0.243 e. The zero-order valence-corrected chi connectivity index (χ0v) is 8.74. The highest BCUT2D eigenvalue weighted by Gasteiger charge is 2.15. The molecule has 0 fully saturated rings. The molecule has 6 nitrogen and oxygen atoms in total. The van der Waals surface area contributed by atoms with Gasteiger partial charge in [-0.3, -0.25) is 5.41 Å². The van der Waals surface area contributed by atoms with Crippen LogP contribution in [0.4, 0.5) is 5.82 Å². The number of aromatic nitrogens is 2. The molecular weight excluding hydrogens is 206 g/mol. The van der Waals surface area contributed by atoms with Crippen molar-refractivity contribution < 1.29 is 4.74 Å². The molecule has 1 aromatic carbocycles. The second-order valence-corrected chi connectivity index (χ2v) is 3.49. The Hall–Kier alpha value is -2.24. The van der Waals surface area contributed by atoms with E-state index in [-0.39, 0.29) is 5.62 Å². The summed E-state index contributed by atoms with van der Waals surface area (Å²) < 4.78 is 6.87. The van der Waals surface area contributed by atoms with Crippen molar-refractivity contribution in [1.29, 1.82) is 5.41 Å². The van der Waals surface area contributed by atoms with Crippen molar-refractivity contribution in [2.45, 2.75) is 0 Å². The Morgan fingerprint density at radius 3 is 3.19 bits per heavy atom. The normalized spacial score (nSPS) is 13.1. The number of benzene rings is 1. The highest BCUT2D eigenvalue weighted by Crippen LogP contribution is 2.27. The maximum Gasteiger partial charge on any atom is 0.243 e. The van der Waals surface area contributed by atoms with Crippen LogP contribution < -0.4 is 21.1 Å². The SMILES string of the molecule is COc1cccc2c3n(c(=N)nc12)NCN3. The average molecular weight is 217 g/mol. The monoisotopic (exact) mass is 217 g/mol. The van der Waals surface area contributed by atoms with Gasteiger partial charge in [-0.1, -0.05) is 6.07 Å². The van der Waals surface area contributed by atoms with Crippen molar-refractivity contribution in [2.24, 2.45) is 0 Å². The minimum absolute atomic E-state index is 0.164. The summed E-state index contributed by atoms with van der Waals surface area (Å²) in [7, 11) is 1.60. The Labute approximate surface area is 91.4 Å². The third-order valence-corrected chi connectivity index (χ3v) is 2.62. The molecular formula is C10H11N5O. The van der Waals surface area contributed by atoms with Crippen LogP contribution in [0, 0.1) is 5.41 Å². The van der Waals surface area contributed by atoms with Gasteiger partial charge in [0.2, 0.25) is 5.62 Å². The molecule has 0 unspecified atom stereocenters. The zero-order valence-electron chi connectivity index (χ0n) is 8.74. The molecule has 0 bridgehead atoms. The van der Waals surface area contributed by atoms with Crippen LogP contribution in [-0.4, -0.2) is 23.4 Å². The van der Waals surface area contributed by atoms with E-state index in [1.54, 1.807) is 11.8 Å². The quantitative estimate of drug-likeness (QED) is 0.648. The Morgan fingerprint density at radius 2 is 2.38 bits per heavy atom. The van der Waals surface area contributed by atoms with Gasteiger partial charge in [-0.25, -0.2) is 9.66 Å². The molecule has 3 N–H and O–H groups in total. The Balaban J connectivity index is 2.47. The van der Waals surface area contributed by atoms with E-state index in [0.717, 1.165) is 11.2 Å². The van der Waals surface area contributed by atoms with Crippen LogP contribution in [0.1, 0.15) is 0 Å². The lowest BCUT2D eigenvalue weighted by atomic mass is 10.2. The topological polar surface area (TPSA) is 75.0 Å². The predicted octanol–water partition coefficient (Wildman–Crippen LogP) is 0.451. The standard InChI is InChI=1S/C10H11N5O/c1-16-7-4-2-3-6-8(7)14-10(11)15-9(6)12-5-13-15/h2-4,11-13H,5H2,1H3. The fourth-order valence-electron chi connectivity index (χ4n) is 1.91. The third kappa shape index (κ3) is 1.06. The molecule has 6 heteroatoms. The summed E-state index contributed by atoms with van der Waals surface area (Å²) >= 11 is 0. The van der Waals surface area contributed by atoms with Gasteiger partial charge in [-0.15, -0.1) is 0 Å². The van der Waals surface area contributed by atoms with Crippen LogP contribution in [0.2, 0.25) is 0 Å². The van der Waals surface area contributed by atoms with Gasteiger partial charge >= 0.3 is 0 Å². The van der Waals surface area contributed by atoms with Gasteiger partial charge in [-0.2, -0.15) is 0 Å². The maximum absolute atomic E-state index is 7.80. The number of methoxy groups -OCH3 is 1.